The molecule has 1 heterocycles. The summed E-state index contributed by atoms with van der Waals surface area (Å²) in [4.78, 5) is 7.59. The van der Waals surface area contributed by atoms with Gasteiger partial charge in [-0.1, -0.05) is 0 Å². The van der Waals surface area contributed by atoms with Gasteiger partial charge in [-0.25, -0.2) is 9.97 Å². The molecule has 9 heavy (non-hydrogen) atoms. The summed E-state index contributed by atoms with van der Waals surface area (Å²) in [7, 11) is 0. The van der Waals surface area contributed by atoms with Crippen molar-refractivity contribution in [2.75, 3.05) is 0 Å². The van der Waals surface area contributed by atoms with Gasteiger partial charge in [0.25, 0.3) is 0 Å². The zero-order valence-corrected chi connectivity index (χ0v) is 6.17. The molecule has 1 N–H and O–H groups in total. The molecule has 48 valence electrons. The van der Waals surface area contributed by atoms with E-state index < -0.39 is 0 Å². The van der Waals surface area contributed by atoms with Gasteiger partial charge in [0, 0.05) is 18.0 Å². The normalized spacial score (nSPS) is 9.56. The van der Waals surface area contributed by atoms with Crippen molar-refractivity contribution in [2.24, 2.45) is 0 Å². The molecule has 0 atom stereocenters. The topological polar surface area (TPSA) is 46.0 Å². The molecule has 1 aromatic heterocycles. The van der Waals surface area contributed by atoms with Gasteiger partial charge in [-0.3, -0.25) is 0 Å². The molecule has 0 aliphatic carbocycles. The van der Waals surface area contributed by atoms with E-state index in [9.17, 15) is 0 Å². The van der Waals surface area contributed by atoms with Gasteiger partial charge < -0.3 is 5.11 Å². The zero-order chi connectivity index (χ0) is 6.69. The average Bonchev–Trinajstić information content (AvgIpc) is 1.90. The zero-order valence-electron chi connectivity index (χ0n) is 4.58. The molecule has 0 aromatic carbocycles. The summed E-state index contributed by atoms with van der Waals surface area (Å²) < 4.78 is 0.541. The van der Waals surface area contributed by atoms with Gasteiger partial charge in [0.1, 0.15) is 0 Å². The summed E-state index contributed by atoms with van der Waals surface area (Å²) in [6.45, 7) is -0.00667. The summed E-state index contributed by atoms with van der Waals surface area (Å²) in [5.74, 6) is 0. The number of halogens is 1. The molecule has 1 aromatic rings. The first-order valence-electron chi connectivity index (χ1n) is 2.40. The van der Waals surface area contributed by atoms with Crippen LogP contribution in [0.1, 0.15) is 5.56 Å². The lowest BCUT2D eigenvalue weighted by Gasteiger charge is -1.91. The van der Waals surface area contributed by atoms with Crippen LogP contribution >= 0.6 is 15.9 Å². The second-order valence-electron chi connectivity index (χ2n) is 1.52. The van der Waals surface area contributed by atoms with Crippen molar-refractivity contribution in [2.45, 2.75) is 6.61 Å². The molecule has 0 fully saturated rings. The number of hydrogen-bond acceptors (Lipinski definition) is 3. The van der Waals surface area contributed by atoms with E-state index in [-0.39, 0.29) is 6.61 Å². The van der Waals surface area contributed by atoms with Crippen LogP contribution in [0, 0.1) is 0 Å². The number of nitrogens with zero attached hydrogens (tertiary/aromatic N) is 2. The molecular formula is C5H5BrN2O. The van der Waals surface area contributed by atoms with E-state index in [0.29, 0.717) is 4.73 Å². The van der Waals surface area contributed by atoms with Crippen molar-refractivity contribution in [3.8, 4) is 0 Å². The molecule has 0 radical (unpaired) electrons. The van der Waals surface area contributed by atoms with Crippen LogP contribution in [-0.4, -0.2) is 15.1 Å². The molecule has 1 rings (SSSR count). The van der Waals surface area contributed by atoms with E-state index >= 15 is 0 Å². The Morgan fingerprint density at radius 2 is 2.00 bits per heavy atom. The minimum Gasteiger partial charge on any atom is -0.392 e. The van der Waals surface area contributed by atoms with Crippen LogP contribution in [0.3, 0.4) is 0 Å². The van der Waals surface area contributed by atoms with E-state index in [0.717, 1.165) is 5.56 Å². The second-order valence-corrected chi connectivity index (χ2v) is 2.23. The van der Waals surface area contributed by atoms with Crippen molar-refractivity contribution in [3.05, 3.63) is 22.7 Å². The third-order valence-electron chi connectivity index (χ3n) is 0.856. The van der Waals surface area contributed by atoms with Crippen LogP contribution in [0.2, 0.25) is 0 Å². The highest BCUT2D eigenvalue weighted by atomic mass is 79.9. The van der Waals surface area contributed by atoms with E-state index in [4.69, 9.17) is 5.11 Å². The number of hydrogen-bond donors (Lipinski definition) is 1. The quantitative estimate of drug-likeness (QED) is 0.662. The maximum atomic E-state index is 8.53. The molecule has 4 heteroatoms. The Hall–Kier alpha value is -0.480. The molecule has 0 bridgehead atoms. The van der Waals surface area contributed by atoms with E-state index in [1.165, 1.54) is 0 Å². The van der Waals surface area contributed by atoms with Crippen molar-refractivity contribution < 1.29 is 5.11 Å². The predicted molar refractivity (Wildman–Crippen MR) is 35.7 cm³/mol. The Morgan fingerprint density at radius 3 is 2.44 bits per heavy atom. The minimum atomic E-state index is -0.00667. The van der Waals surface area contributed by atoms with Gasteiger partial charge >= 0.3 is 0 Å². The maximum absolute atomic E-state index is 8.53. The summed E-state index contributed by atoms with van der Waals surface area (Å²) in [5, 5.41) is 8.53. The first-order chi connectivity index (χ1) is 4.33. The van der Waals surface area contributed by atoms with E-state index in [2.05, 4.69) is 25.9 Å². The first kappa shape index (κ1) is 6.64. The summed E-state index contributed by atoms with van der Waals surface area (Å²) in [6, 6.07) is 0. The lowest BCUT2D eigenvalue weighted by Crippen LogP contribution is -1.87. The van der Waals surface area contributed by atoms with Crippen molar-refractivity contribution >= 4 is 15.9 Å². The fraction of sp³-hybridized carbons (Fsp3) is 0.200. The smallest absolute Gasteiger partial charge is 0.196 e. The Bertz CT molecular complexity index is 187. The lowest BCUT2D eigenvalue weighted by atomic mass is 10.4. The van der Waals surface area contributed by atoms with Crippen molar-refractivity contribution in [1.82, 2.24) is 9.97 Å². The SMILES string of the molecule is OCc1cnc(Br)nc1. The molecular weight excluding hydrogens is 184 g/mol. The molecule has 0 saturated carbocycles. The Balaban J connectivity index is 2.88. The van der Waals surface area contributed by atoms with Crippen LogP contribution in [0.25, 0.3) is 0 Å². The van der Waals surface area contributed by atoms with Gasteiger partial charge in [-0.2, -0.15) is 0 Å². The highest BCUT2D eigenvalue weighted by Crippen LogP contribution is 2.00. The molecule has 3 nitrogen and oxygen atoms in total. The first-order valence-corrected chi connectivity index (χ1v) is 3.19. The average molecular weight is 189 g/mol. The molecule has 0 aliphatic rings. The Morgan fingerprint density at radius 1 is 1.44 bits per heavy atom. The number of rotatable bonds is 1. The Labute approximate surface area is 60.9 Å². The monoisotopic (exact) mass is 188 g/mol. The van der Waals surface area contributed by atoms with Gasteiger partial charge in [0.2, 0.25) is 0 Å². The number of aliphatic hydroxyl groups excluding tert-OH is 1. The molecule has 0 aliphatic heterocycles. The van der Waals surface area contributed by atoms with E-state index in [1.54, 1.807) is 12.4 Å². The second kappa shape index (κ2) is 2.89. The van der Waals surface area contributed by atoms with Gasteiger partial charge in [0.15, 0.2) is 4.73 Å². The summed E-state index contributed by atoms with van der Waals surface area (Å²) in [6.07, 6.45) is 3.13. The van der Waals surface area contributed by atoms with E-state index in [1.807, 2.05) is 0 Å². The molecule has 0 amide bonds. The van der Waals surface area contributed by atoms with Crippen LogP contribution in [0.15, 0.2) is 17.1 Å². The predicted octanol–water partition coefficient (Wildman–Crippen LogP) is 0.731. The van der Waals surface area contributed by atoms with Gasteiger partial charge in [0.05, 0.1) is 6.61 Å². The van der Waals surface area contributed by atoms with Crippen molar-refractivity contribution in [3.63, 3.8) is 0 Å². The van der Waals surface area contributed by atoms with Gasteiger partial charge in [-0.05, 0) is 15.9 Å². The largest absolute Gasteiger partial charge is 0.392 e. The fourth-order valence-corrected chi connectivity index (χ4v) is 0.625. The highest BCUT2D eigenvalue weighted by Gasteiger charge is 1.89. The van der Waals surface area contributed by atoms with Crippen molar-refractivity contribution in [1.29, 1.82) is 0 Å². The number of aliphatic hydroxyl groups is 1. The lowest BCUT2D eigenvalue weighted by molar-refractivity contribution is 0.281. The summed E-state index contributed by atoms with van der Waals surface area (Å²) >= 11 is 3.07. The summed E-state index contributed by atoms with van der Waals surface area (Å²) in [5.41, 5.74) is 0.721. The maximum Gasteiger partial charge on any atom is 0.196 e. The molecule has 0 spiro atoms. The van der Waals surface area contributed by atoms with Crippen LogP contribution in [-0.2, 0) is 6.61 Å². The molecule has 0 saturated heterocycles. The third-order valence-corrected chi connectivity index (χ3v) is 1.27. The fourth-order valence-electron chi connectivity index (χ4n) is 0.421. The van der Waals surface area contributed by atoms with Crippen LogP contribution in [0.4, 0.5) is 0 Å². The molecule has 0 unspecified atom stereocenters. The minimum absolute atomic E-state index is 0.00667. The number of aromatic nitrogens is 2. The standard InChI is InChI=1S/C5H5BrN2O/c6-5-7-1-4(3-9)2-8-5/h1-2,9H,3H2. The highest BCUT2D eigenvalue weighted by molar-refractivity contribution is 9.10. The van der Waals surface area contributed by atoms with Crippen LogP contribution in [0.5, 0.6) is 0 Å². The van der Waals surface area contributed by atoms with Crippen LogP contribution < -0.4 is 0 Å². The van der Waals surface area contributed by atoms with Gasteiger partial charge in [-0.15, -0.1) is 0 Å². The Kier molecular flexibility index (Phi) is 2.13. The third kappa shape index (κ3) is 1.73.